The Bertz CT molecular complexity index is 601. The molecule has 4 heteroatoms. The zero-order chi connectivity index (χ0) is 18.0. The van der Waals surface area contributed by atoms with Crippen molar-refractivity contribution in [1.82, 2.24) is 0 Å². The Kier molecular flexibility index (Phi) is 3.99. The topological polar surface area (TPSA) is 77.8 Å². The van der Waals surface area contributed by atoms with Crippen molar-refractivity contribution in [2.45, 2.75) is 70.5 Å². The van der Waals surface area contributed by atoms with Crippen LogP contribution in [0.3, 0.4) is 0 Å². The summed E-state index contributed by atoms with van der Waals surface area (Å²) < 4.78 is 0. The van der Waals surface area contributed by atoms with Gasteiger partial charge < -0.3 is 15.3 Å². The first kappa shape index (κ1) is 17.7. The fourth-order valence-electron chi connectivity index (χ4n) is 7.56. The lowest BCUT2D eigenvalue weighted by atomic mass is 9.44. The summed E-state index contributed by atoms with van der Waals surface area (Å²) >= 11 is 0. The van der Waals surface area contributed by atoms with Gasteiger partial charge in [0.15, 0.2) is 5.78 Å². The first-order chi connectivity index (χ1) is 11.8. The molecule has 0 aliphatic heterocycles. The van der Waals surface area contributed by atoms with Crippen molar-refractivity contribution in [1.29, 1.82) is 0 Å². The molecule has 0 amide bonds. The van der Waals surface area contributed by atoms with E-state index in [1.807, 2.05) is 6.92 Å². The van der Waals surface area contributed by atoms with E-state index in [0.29, 0.717) is 24.7 Å². The molecule has 0 aromatic heterocycles. The van der Waals surface area contributed by atoms with Gasteiger partial charge in [-0.05, 0) is 74.0 Å². The van der Waals surface area contributed by atoms with Crippen LogP contribution < -0.4 is 0 Å². The highest BCUT2D eigenvalue weighted by Gasteiger charge is 2.68. The molecular formula is C21H32O4. The third-order valence-corrected chi connectivity index (χ3v) is 8.90. The molecule has 3 N–H and O–H groups in total. The molecule has 25 heavy (non-hydrogen) atoms. The molecule has 3 fully saturated rings. The number of Topliss-reactive ketones (excluding diaryl/α,β-unsaturated/α-hetero) is 1. The quantitative estimate of drug-likeness (QED) is 0.670. The van der Waals surface area contributed by atoms with Crippen molar-refractivity contribution in [3.05, 3.63) is 12.2 Å². The lowest BCUT2D eigenvalue weighted by Crippen LogP contribution is -2.62. The summed E-state index contributed by atoms with van der Waals surface area (Å²) in [6.07, 6.45) is 10.2. The summed E-state index contributed by atoms with van der Waals surface area (Å²) in [5.74, 6) is 1.04. The van der Waals surface area contributed by atoms with Gasteiger partial charge in [-0.2, -0.15) is 0 Å². The summed E-state index contributed by atoms with van der Waals surface area (Å²) in [5, 5.41) is 31.8. The zero-order valence-electron chi connectivity index (χ0n) is 15.4. The summed E-state index contributed by atoms with van der Waals surface area (Å²) in [5.41, 5.74) is -1.98. The largest absolute Gasteiger partial charge is 0.393 e. The van der Waals surface area contributed by atoms with E-state index in [1.54, 1.807) is 0 Å². The maximum atomic E-state index is 12.4. The van der Waals surface area contributed by atoms with Crippen LogP contribution in [0, 0.1) is 34.5 Å². The predicted octanol–water partition coefficient (Wildman–Crippen LogP) is 2.46. The minimum Gasteiger partial charge on any atom is -0.393 e. The van der Waals surface area contributed by atoms with Gasteiger partial charge in [0, 0.05) is 5.41 Å². The maximum absolute atomic E-state index is 12.4. The highest BCUT2D eigenvalue weighted by Crippen LogP contribution is 2.67. The summed E-state index contributed by atoms with van der Waals surface area (Å²) in [6.45, 7) is 3.71. The molecule has 0 heterocycles. The van der Waals surface area contributed by atoms with Crippen LogP contribution in [0.2, 0.25) is 0 Å². The van der Waals surface area contributed by atoms with Crippen LogP contribution >= 0.6 is 0 Å². The van der Waals surface area contributed by atoms with Gasteiger partial charge in [-0.1, -0.05) is 26.0 Å². The Morgan fingerprint density at radius 1 is 1.20 bits per heavy atom. The fourth-order valence-corrected chi connectivity index (χ4v) is 7.56. The van der Waals surface area contributed by atoms with Crippen molar-refractivity contribution >= 4 is 5.78 Å². The molecule has 0 aromatic rings. The average Bonchev–Trinajstić information content (AvgIpc) is 2.85. The number of aliphatic hydroxyl groups excluding tert-OH is 2. The molecule has 4 rings (SSSR count). The van der Waals surface area contributed by atoms with Crippen LogP contribution in [0.25, 0.3) is 0 Å². The van der Waals surface area contributed by atoms with Gasteiger partial charge >= 0.3 is 0 Å². The average molecular weight is 348 g/mol. The highest BCUT2D eigenvalue weighted by molar-refractivity contribution is 5.89. The van der Waals surface area contributed by atoms with E-state index in [2.05, 4.69) is 19.1 Å². The van der Waals surface area contributed by atoms with Crippen molar-refractivity contribution in [3.63, 3.8) is 0 Å². The Morgan fingerprint density at radius 2 is 1.96 bits per heavy atom. The van der Waals surface area contributed by atoms with Crippen LogP contribution in [-0.2, 0) is 4.79 Å². The molecular weight excluding hydrogens is 316 g/mol. The molecule has 2 unspecified atom stereocenters. The van der Waals surface area contributed by atoms with Crippen LogP contribution in [0.5, 0.6) is 0 Å². The number of fused-ring (bicyclic) bond motifs is 5. The van der Waals surface area contributed by atoms with Crippen LogP contribution in [0.1, 0.15) is 58.8 Å². The van der Waals surface area contributed by atoms with Crippen LogP contribution in [0.15, 0.2) is 12.2 Å². The van der Waals surface area contributed by atoms with E-state index in [0.717, 1.165) is 25.7 Å². The first-order valence-electron chi connectivity index (χ1n) is 9.97. The molecule has 0 aromatic carbocycles. The second-order valence-corrected chi connectivity index (χ2v) is 9.66. The number of carbonyl (C=O) groups is 1. The number of rotatable bonds is 2. The number of hydrogen-bond donors (Lipinski definition) is 3. The van der Waals surface area contributed by atoms with E-state index in [9.17, 15) is 20.1 Å². The van der Waals surface area contributed by atoms with Crippen molar-refractivity contribution in [2.24, 2.45) is 34.5 Å². The van der Waals surface area contributed by atoms with Crippen molar-refractivity contribution < 1.29 is 20.1 Å². The SMILES string of the molecule is C[C@]12CC=CCC1CC[C@@H]1[C@@H]2C(O)C[C@@]2(C)[C@H]1CC[C@]2(O)C(=O)CO. The Hall–Kier alpha value is -0.710. The normalized spacial score (nSPS) is 54.5. The van der Waals surface area contributed by atoms with E-state index < -0.39 is 29.5 Å². The second kappa shape index (κ2) is 5.64. The number of ketones is 1. The maximum Gasteiger partial charge on any atom is 0.190 e. The van der Waals surface area contributed by atoms with Crippen LogP contribution in [0.4, 0.5) is 0 Å². The minimum atomic E-state index is -1.48. The third-order valence-electron chi connectivity index (χ3n) is 8.90. The van der Waals surface area contributed by atoms with Crippen LogP contribution in [-0.4, -0.2) is 39.4 Å². The molecule has 4 aliphatic carbocycles. The standard InChI is InChI=1S/C21H32O4/c1-19-9-4-3-5-13(19)6-7-14-15-8-10-21(25,17(24)12-22)20(15,2)11-16(23)18(14)19/h3-4,13-16,18,22-23,25H,5-12H2,1-2H3/t13?,14-,15-,16?,18+,19-,20-,21-/m0/s1. The molecule has 0 bridgehead atoms. The van der Waals surface area contributed by atoms with Gasteiger partial charge in [-0.3, -0.25) is 4.79 Å². The van der Waals surface area contributed by atoms with Gasteiger partial charge in [-0.15, -0.1) is 0 Å². The van der Waals surface area contributed by atoms with E-state index in [4.69, 9.17) is 0 Å². The third kappa shape index (κ3) is 2.14. The first-order valence-corrected chi connectivity index (χ1v) is 9.97. The van der Waals surface area contributed by atoms with Crippen molar-refractivity contribution in [2.75, 3.05) is 6.61 Å². The molecule has 8 atom stereocenters. The molecule has 3 saturated carbocycles. The van der Waals surface area contributed by atoms with Gasteiger partial charge in [0.05, 0.1) is 6.10 Å². The van der Waals surface area contributed by atoms with Gasteiger partial charge in [-0.25, -0.2) is 0 Å². The van der Waals surface area contributed by atoms with E-state index >= 15 is 0 Å². The molecule has 0 radical (unpaired) electrons. The summed E-state index contributed by atoms with van der Waals surface area (Å²) in [7, 11) is 0. The van der Waals surface area contributed by atoms with Gasteiger partial charge in [0.25, 0.3) is 0 Å². The minimum absolute atomic E-state index is 0.125. The Labute approximate surface area is 150 Å². The van der Waals surface area contributed by atoms with E-state index in [1.165, 1.54) is 6.42 Å². The van der Waals surface area contributed by atoms with E-state index in [-0.39, 0.29) is 17.3 Å². The fraction of sp³-hybridized carbons (Fsp3) is 0.857. The molecule has 140 valence electrons. The smallest absolute Gasteiger partial charge is 0.190 e. The molecule has 4 nitrogen and oxygen atoms in total. The molecule has 4 aliphatic rings. The Balaban J connectivity index is 1.72. The van der Waals surface area contributed by atoms with Crippen molar-refractivity contribution in [3.8, 4) is 0 Å². The zero-order valence-corrected chi connectivity index (χ0v) is 15.4. The number of carbonyl (C=O) groups excluding carboxylic acids is 1. The lowest BCUT2D eigenvalue weighted by molar-refractivity contribution is -0.194. The number of aliphatic hydroxyl groups is 3. The van der Waals surface area contributed by atoms with Gasteiger partial charge in [0.2, 0.25) is 0 Å². The highest BCUT2D eigenvalue weighted by atomic mass is 16.3. The molecule has 0 spiro atoms. The number of hydrogen-bond acceptors (Lipinski definition) is 4. The van der Waals surface area contributed by atoms with Gasteiger partial charge in [0.1, 0.15) is 12.2 Å². The Morgan fingerprint density at radius 3 is 2.68 bits per heavy atom. The summed E-state index contributed by atoms with van der Waals surface area (Å²) in [4.78, 5) is 12.4. The monoisotopic (exact) mass is 348 g/mol. The number of allylic oxidation sites excluding steroid dienone is 2. The second-order valence-electron chi connectivity index (χ2n) is 9.66. The lowest BCUT2D eigenvalue weighted by Gasteiger charge is -2.61. The predicted molar refractivity (Wildman–Crippen MR) is 94.7 cm³/mol. The summed E-state index contributed by atoms with van der Waals surface area (Å²) in [6, 6.07) is 0. The molecule has 0 saturated heterocycles.